The number of benzene rings is 2. The molecule has 0 saturated carbocycles. The molecule has 4 aromatic rings. The Labute approximate surface area is 208 Å². The lowest BCUT2D eigenvalue weighted by Crippen LogP contribution is -2.41. The number of carbonyl (C=O) groups excluding carboxylic acids is 1. The number of fused-ring (bicyclic) bond motifs is 2. The molecule has 2 aromatic carbocycles. The van der Waals surface area contributed by atoms with Crippen LogP contribution < -0.4 is 0 Å². The maximum absolute atomic E-state index is 13.0. The Hall–Kier alpha value is -3.09. The Morgan fingerprint density at radius 1 is 1.03 bits per heavy atom. The standard InChI is InChI=1S/C26H24Cl2N4O2/c1-26(2,3)34-25(33)31-12-19-10-16(18-6-9-24-29-15-30-32(24)13-18)4-7-20(19)21(14-31)17-5-8-22(27)23(28)11-17/h4-11,13,15,21H,12,14H2,1-3H3/t21-/m1/s1. The number of hydrogen-bond donors (Lipinski definition) is 0. The molecule has 0 unspecified atom stereocenters. The molecular weight excluding hydrogens is 471 g/mol. The Kier molecular flexibility index (Phi) is 5.74. The monoisotopic (exact) mass is 494 g/mol. The van der Waals surface area contributed by atoms with E-state index in [4.69, 9.17) is 27.9 Å². The molecule has 2 aromatic heterocycles. The van der Waals surface area contributed by atoms with Gasteiger partial charge in [0.1, 0.15) is 11.9 Å². The van der Waals surface area contributed by atoms with Gasteiger partial charge in [-0.1, -0.05) is 41.4 Å². The fraction of sp³-hybridized carbons (Fsp3) is 0.269. The summed E-state index contributed by atoms with van der Waals surface area (Å²) < 4.78 is 7.45. The van der Waals surface area contributed by atoms with Crippen LogP contribution in [-0.4, -0.2) is 37.7 Å². The largest absolute Gasteiger partial charge is 0.444 e. The fourth-order valence-corrected chi connectivity index (χ4v) is 4.62. The molecule has 5 rings (SSSR count). The summed E-state index contributed by atoms with van der Waals surface area (Å²) in [5.41, 5.74) is 5.48. The zero-order chi connectivity index (χ0) is 24.0. The first-order chi connectivity index (χ1) is 16.2. The molecule has 1 atom stereocenters. The van der Waals surface area contributed by atoms with Crippen LogP contribution in [0.3, 0.4) is 0 Å². The van der Waals surface area contributed by atoms with E-state index in [-0.39, 0.29) is 12.0 Å². The Morgan fingerprint density at radius 3 is 2.59 bits per heavy atom. The number of carbonyl (C=O) groups is 1. The molecule has 0 spiro atoms. The van der Waals surface area contributed by atoms with Crippen molar-refractivity contribution in [2.75, 3.05) is 6.54 Å². The molecular formula is C26H24Cl2N4O2. The van der Waals surface area contributed by atoms with Crippen LogP contribution >= 0.6 is 23.2 Å². The van der Waals surface area contributed by atoms with Crippen LogP contribution in [0.2, 0.25) is 10.0 Å². The van der Waals surface area contributed by atoms with Gasteiger partial charge in [0, 0.05) is 30.8 Å². The van der Waals surface area contributed by atoms with Crippen LogP contribution in [-0.2, 0) is 11.3 Å². The highest BCUT2D eigenvalue weighted by Crippen LogP contribution is 2.38. The number of amides is 1. The van der Waals surface area contributed by atoms with Gasteiger partial charge in [-0.3, -0.25) is 0 Å². The van der Waals surface area contributed by atoms with Crippen LogP contribution in [0.5, 0.6) is 0 Å². The van der Waals surface area contributed by atoms with Gasteiger partial charge < -0.3 is 9.64 Å². The summed E-state index contributed by atoms with van der Waals surface area (Å²) in [6.07, 6.45) is 3.15. The number of pyridine rings is 1. The number of hydrogen-bond acceptors (Lipinski definition) is 4. The predicted molar refractivity (Wildman–Crippen MR) is 133 cm³/mol. The summed E-state index contributed by atoms with van der Waals surface area (Å²) in [4.78, 5) is 19.0. The van der Waals surface area contributed by atoms with E-state index in [1.165, 1.54) is 6.33 Å². The third-order valence-corrected chi connectivity index (χ3v) is 6.63. The molecule has 174 valence electrons. The van der Waals surface area contributed by atoms with Crippen molar-refractivity contribution in [3.8, 4) is 11.1 Å². The first-order valence-corrected chi connectivity index (χ1v) is 11.8. The summed E-state index contributed by atoms with van der Waals surface area (Å²) >= 11 is 12.5. The van der Waals surface area contributed by atoms with Crippen molar-refractivity contribution in [2.24, 2.45) is 0 Å². The molecule has 0 aliphatic carbocycles. The third kappa shape index (κ3) is 4.48. The van der Waals surface area contributed by atoms with Gasteiger partial charge in [0.25, 0.3) is 0 Å². The van der Waals surface area contributed by atoms with Gasteiger partial charge in [0.05, 0.1) is 10.0 Å². The lowest BCUT2D eigenvalue weighted by Gasteiger charge is -2.36. The Balaban J connectivity index is 1.57. The highest BCUT2D eigenvalue weighted by Gasteiger charge is 2.32. The van der Waals surface area contributed by atoms with Crippen molar-refractivity contribution in [3.63, 3.8) is 0 Å². The SMILES string of the molecule is CC(C)(C)OC(=O)N1Cc2cc(-c3ccc4ncnn4c3)ccc2[C@@H](c2ccc(Cl)c(Cl)c2)C1. The van der Waals surface area contributed by atoms with Crippen LogP contribution in [0.15, 0.2) is 61.1 Å². The third-order valence-electron chi connectivity index (χ3n) is 5.89. The minimum atomic E-state index is -0.578. The van der Waals surface area contributed by atoms with Gasteiger partial charge >= 0.3 is 6.09 Å². The number of aromatic nitrogens is 3. The van der Waals surface area contributed by atoms with Crippen molar-refractivity contribution in [3.05, 3.63) is 87.8 Å². The zero-order valence-electron chi connectivity index (χ0n) is 19.1. The van der Waals surface area contributed by atoms with Crippen molar-refractivity contribution >= 4 is 34.9 Å². The minimum absolute atomic E-state index is 0.0575. The molecule has 3 heterocycles. The molecule has 0 bridgehead atoms. The van der Waals surface area contributed by atoms with Crippen molar-refractivity contribution in [1.82, 2.24) is 19.5 Å². The molecule has 1 aliphatic heterocycles. The topological polar surface area (TPSA) is 59.7 Å². The normalized spacial score (nSPS) is 15.9. The molecule has 0 radical (unpaired) electrons. The smallest absolute Gasteiger partial charge is 0.410 e. The van der Waals surface area contributed by atoms with Gasteiger partial charge in [-0.15, -0.1) is 0 Å². The van der Waals surface area contributed by atoms with Gasteiger partial charge in [0.15, 0.2) is 5.65 Å². The molecule has 1 amide bonds. The zero-order valence-corrected chi connectivity index (χ0v) is 20.6. The maximum atomic E-state index is 13.0. The van der Waals surface area contributed by atoms with E-state index in [2.05, 4.69) is 28.3 Å². The van der Waals surface area contributed by atoms with Crippen molar-refractivity contribution < 1.29 is 9.53 Å². The summed E-state index contributed by atoms with van der Waals surface area (Å²) in [5, 5.41) is 5.24. The molecule has 0 fully saturated rings. The summed E-state index contributed by atoms with van der Waals surface area (Å²) in [5.74, 6) is -0.0575. The fourth-order valence-electron chi connectivity index (χ4n) is 4.32. The predicted octanol–water partition coefficient (Wildman–Crippen LogP) is 6.59. The van der Waals surface area contributed by atoms with Gasteiger partial charge in [0.2, 0.25) is 0 Å². The summed E-state index contributed by atoms with van der Waals surface area (Å²) in [7, 11) is 0. The second-order valence-electron chi connectivity index (χ2n) is 9.48. The molecule has 0 N–H and O–H groups in total. The summed E-state index contributed by atoms with van der Waals surface area (Å²) in [6, 6.07) is 16.0. The first-order valence-electron chi connectivity index (χ1n) is 11.0. The lowest BCUT2D eigenvalue weighted by atomic mass is 9.83. The Morgan fingerprint density at radius 2 is 1.82 bits per heavy atom. The molecule has 0 saturated heterocycles. The number of halogens is 2. The van der Waals surface area contributed by atoms with Crippen LogP contribution in [0.4, 0.5) is 4.79 Å². The first kappa shape index (κ1) is 22.7. The van der Waals surface area contributed by atoms with Gasteiger partial charge in [-0.05, 0) is 73.4 Å². The van der Waals surface area contributed by atoms with Gasteiger partial charge in [-0.2, -0.15) is 5.10 Å². The lowest BCUT2D eigenvalue weighted by molar-refractivity contribution is 0.0213. The average Bonchev–Trinajstić information content (AvgIpc) is 3.26. The van der Waals surface area contributed by atoms with E-state index in [9.17, 15) is 4.79 Å². The number of ether oxygens (including phenoxy) is 1. The summed E-state index contributed by atoms with van der Waals surface area (Å²) in [6.45, 7) is 6.57. The average molecular weight is 495 g/mol. The number of nitrogens with zero attached hydrogens (tertiary/aromatic N) is 4. The van der Waals surface area contributed by atoms with E-state index >= 15 is 0 Å². The Bertz CT molecular complexity index is 1390. The van der Waals surface area contributed by atoms with E-state index in [0.29, 0.717) is 23.1 Å². The van der Waals surface area contributed by atoms with E-state index in [0.717, 1.165) is 33.5 Å². The van der Waals surface area contributed by atoms with E-state index in [1.54, 1.807) is 15.5 Å². The molecule has 34 heavy (non-hydrogen) atoms. The van der Waals surface area contributed by atoms with E-state index in [1.807, 2.05) is 51.2 Å². The van der Waals surface area contributed by atoms with Crippen molar-refractivity contribution in [2.45, 2.75) is 38.8 Å². The highest BCUT2D eigenvalue weighted by molar-refractivity contribution is 6.42. The maximum Gasteiger partial charge on any atom is 0.410 e. The highest BCUT2D eigenvalue weighted by atomic mass is 35.5. The van der Waals surface area contributed by atoms with Crippen molar-refractivity contribution in [1.29, 1.82) is 0 Å². The second kappa shape index (κ2) is 8.60. The number of rotatable bonds is 2. The second-order valence-corrected chi connectivity index (χ2v) is 10.3. The molecule has 8 heteroatoms. The molecule has 6 nitrogen and oxygen atoms in total. The molecule has 1 aliphatic rings. The minimum Gasteiger partial charge on any atom is -0.444 e. The van der Waals surface area contributed by atoms with E-state index < -0.39 is 5.60 Å². The van der Waals surface area contributed by atoms with Crippen LogP contribution in [0.25, 0.3) is 16.8 Å². The van der Waals surface area contributed by atoms with Gasteiger partial charge in [-0.25, -0.2) is 14.3 Å². The van der Waals surface area contributed by atoms with Crippen LogP contribution in [0.1, 0.15) is 43.4 Å². The van der Waals surface area contributed by atoms with Crippen LogP contribution in [0, 0.1) is 0 Å². The quantitative estimate of drug-likeness (QED) is 0.315.